The molecule has 0 saturated carbocycles. The fourth-order valence-corrected chi connectivity index (χ4v) is 2.46. The van der Waals surface area contributed by atoms with Crippen molar-refractivity contribution in [3.63, 3.8) is 0 Å². The summed E-state index contributed by atoms with van der Waals surface area (Å²) in [6.45, 7) is 5.49. The van der Waals surface area contributed by atoms with E-state index in [4.69, 9.17) is 4.74 Å². The largest absolute Gasteiger partial charge is 0.416 e. The van der Waals surface area contributed by atoms with Crippen molar-refractivity contribution >= 4 is 0 Å². The van der Waals surface area contributed by atoms with Crippen LogP contribution in [0.3, 0.4) is 0 Å². The normalized spacial score (nSPS) is 19.6. The van der Waals surface area contributed by atoms with E-state index in [2.05, 4.69) is 0 Å². The number of hydrogen-bond acceptors (Lipinski definition) is 1. The summed E-state index contributed by atoms with van der Waals surface area (Å²) in [6.07, 6.45) is -4.26. The quantitative estimate of drug-likeness (QED) is 0.678. The van der Waals surface area contributed by atoms with Gasteiger partial charge in [0.05, 0.1) is 17.3 Å². The van der Waals surface area contributed by atoms with Crippen molar-refractivity contribution in [1.82, 2.24) is 0 Å². The van der Waals surface area contributed by atoms with E-state index >= 15 is 0 Å². The summed E-state index contributed by atoms with van der Waals surface area (Å²) in [4.78, 5) is 0. The Morgan fingerprint density at radius 2 is 1.79 bits per heavy atom. The SMILES string of the molecule is CC(C)(C)O[C@@H]1CCc2c1cc(F)cc2C(F)(F)F. The summed E-state index contributed by atoms with van der Waals surface area (Å²) < 4.78 is 57.8. The minimum absolute atomic E-state index is 0.170. The standard InChI is InChI=1S/C14H16F4O/c1-13(2,3)19-12-5-4-9-10(12)6-8(15)7-11(9)14(16,17)18/h6-7,12H,4-5H2,1-3H3/t12-/m1/s1. The van der Waals surface area contributed by atoms with Gasteiger partial charge in [0.1, 0.15) is 5.82 Å². The third-order valence-electron chi connectivity index (χ3n) is 3.05. The van der Waals surface area contributed by atoms with Crippen molar-refractivity contribution < 1.29 is 22.3 Å². The van der Waals surface area contributed by atoms with Crippen LogP contribution < -0.4 is 0 Å². The molecule has 0 spiro atoms. The molecule has 0 fully saturated rings. The van der Waals surface area contributed by atoms with Crippen LogP contribution >= 0.6 is 0 Å². The Balaban J connectivity index is 2.44. The Kier molecular flexibility index (Phi) is 3.37. The number of benzene rings is 1. The van der Waals surface area contributed by atoms with Gasteiger partial charge in [-0.2, -0.15) is 13.2 Å². The third-order valence-corrected chi connectivity index (χ3v) is 3.05. The van der Waals surface area contributed by atoms with Crippen molar-refractivity contribution in [3.05, 3.63) is 34.6 Å². The fraction of sp³-hybridized carbons (Fsp3) is 0.571. The summed E-state index contributed by atoms with van der Waals surface area (Å²) in [7, 11) is 0. The Morgan fingerprint density at radius 1 is 1.16 bits per heavy atom. The molecule has 1 aliphatic rings. The highest BCUT2D eigenvalue weighted by Gasteiger charge is 2.39. The van der Waals surface area contributed by atoms with Crippen LogP contribution in [0.4, 0.5) is 17.6 Å². The first-order chi connectivity index (χ1) is 8.58. The van der Waals surface area contributed by atoms with E-state index in [0.29, 0.717) is 18.1 Å². The smallest absolute Gasteiger partial charge is 0.368 e. The van der Waals surface area contributed by atoms with Crippen LogP contribution in [0.2, 0.25) is 0 Å². The highest BCUT2D eigenvalue weighted by molar-refractivity contribution is 5.42. The molecule has 1 aliphatic carbocycles. The van der Waals surface area contributed by atoms with Crippen molar-refractivity contribution in [2.45, 2.75) is 51.5 Å². The van der Waals surface area contributed by atoms with Crippen LogP contribution in [-0.4, -0.2) is 5.60 Å². The minimum Gasteiger partial charge on any atom is -0.368 e. The second-order valence-corrected chi connectivity index (χ2v) is 5.78. The summed E-state index contributed by atoms with van der Waals surface area (Å²) >= 11 is 0. The zero-order valence-corrected chi connectivity index (χ0v) is 11.1. The van der Waals surface area contributed by atoms with Crippen molar-refractivity contribution in [1.29, 1.82) is 0 Å². The van der Waals surface area contributed by atoms with Gasteiger partial charge in [-0.25, -0.2) is 4.39 Å². The topological polar surface area (TPSA) is 9.23 Å². The molecule has 0 N–H and O–H groups in total. The lowest BCUT2D eigenvalue weighted by atomic mass is 10.0. The fourth-order valence-electron chi connectivity index (χ4n) is 2.46. The first-order valence-electron chi connectivity index (χ1n) is 6.15. The molecule has 1 aromatic rings. The zero-order valence-electron chi connectivity index (χ0n) is 11.1. The van der Waals surface area contributed by atoms with Gasteiger partial charge in [0.25, 0.3) is 0 Å². The van der Waals surface area contributed by atoms with Crippen molar-refractivity contribution in [2.24, 2.45) is 0 Å². The van der Waals surface area contributed by atoms with Gasteiger partial charge in [-0.15, -0.1) is 0 Å². The second kappa shape index (κ2) is 4.47. The number of alkyl halides is 3. The molecular weight excluding hydrogens is 260 g/mol. The molecule has 0 aliphatic heterocycles. The maximum atomic E-state index is 13.4. The zero-order chi connectivity index (χ0) is 14.4. The van der Waals surface area contributed by atoms with Crippen LogP contribution in [0.15, 0.2) is 12.1 Å². The van der Waals surface area contributed by atoms with Gasteiger partial charge in [0, 0.05) is 0 Å². The summed E-state index contributed by atoms with van der Waals surface area (Å²) in [5.74, 6) is -0.865. The molecule has 106 valence electrons. The van der Waals surface area contributed by atoms with Gasteiger partial charge in [-0.1, -0.05) is 0 Å². The molecule has 0 radical (unpaired) electrons. The highest BCUT2D eigenvalue weighted by Crippen LogP contribution is 2.43. The van der Waals surface area contributed by atoms with E-state index in [0.717, 1.165) is 6.07 Å². The maximum Gasteiger partial charge on any atom is 0.416 e. The van der Waals surface area contributed by atoms with Crippen LogP contribution in [0.1, 0.15) is 50.0 Å². The lowest BCUT2D eigenvalue weighted by Gasteiger charge is -2.25. The van der Waals surface area contributed by atoms with Crippen molar-refractivity contribution in [3.8, 4) is 0 Å². The van der Waals surface area contributed by atoms with Gasteiger partial charge in [0.2, 0.25) is 0 Å². The van der Waals surface area contributed by atoms with E-state index < -0.39 is 29.3 Å². The third kappa shape index (κ3) is 3.08. The molecule has 1 nitrogen and oxygen atoms in total. The number of hydrogen-bond donors (Lipinski definition) is 0. The minimum atomic E-state index is -4.52. The molecule has 0 bridgehead atoms. The van der Waals surface area contributed by atoms with E-state index in [1.165, 1.54) is 0 Å². The summed E-state index contributed by atoms with van der Waals surface area (Å²) in [5, 5.41) is 0. The highest BCUT2D eigenvalue weighted by atomic mass is 19.4. The second-order valence-electron chi connectivity index (χ2n) is 5.78. The molecule has 0 amide bonds. The summed E-state index contributed by atoms with van der Waals surface area (Å²) in [6, 6.07) is 1.73. The Hall–Kier alpha value is -1.10. The molecule has 5 heteroatoms. The number of rotatable bonds is 1. The van der Waals surface area contributed by atoms with Gasteiger partial charge >= 0.3 is 6.18 Å². The van der Waals surface area contributed by atoms with Gasteiger partial charge in [0.15, 0.2) is 0 Å². The van der Waals surface area contributed by atoms with E-state index in [9.17, 15) is 17.6 Å². The van der Waals surface area contributed by atoms with Crippen LogP contribution in [0.5, 0.6) is 0 Å². The molecule has 1 aromatic carbocycles. The number of ether oxygens (including phenoxy) is 1. The number of halogens is 4. The van der Waals surface area contributed by atoms with Crippen LogP contribution in [0.25, 0.3) is 0 Å². The molecule has 1 atom stereocenters. The molecule has 0 unspecified atom stereocenters. The number of fused-ring (bicyclic) bond motifs is 1. The maximum absolute atomic E-state index is 13.4. The van der Waals surface area contributed by atoms with E-state index in [-0.39, 0.29) is 12.0 Å². The van der Waals surface area contributed by atoms with Gasteiger partial charge in [-0.05, 0) is 56.9 Å². The first kappa shape index (κ1) is 14.3. The molecule has 19 heavy (non-hydrogen) atoms. The van der Waals surface area contributed by atoms with Gasteiger partial charge < -0.3 is 4.74 Å². The lowest BCUT2D eigenvalue weighted by molar-refractivity contribution is -0.138. The first-order valence-corrected chi connectivity index (χ1v) is 6.15. The van der Waals surface area contributed by atoms with Crippen LogP contribution in [0, 0.1) is 5.82 Å². The van der Waals surface area contributed by atoms with Crippen LogP contribution in [-0.2, 0) is 17.3 Å². The lowest BCUT2D eigenvalue weighted by Crippen LogP contribution is -2.21. The Bertz CT molecular complexity index is 485. The Labute approximate surface area is 109 Å². The molecule has 0 saturated heterocycles. The average Bonchev–Trinajstić information content (AvgIpc) is 2.56. The molecule has 2 rings (SSSR count). The predicted octanol–water partition coefficient (Wildman–Crippen LogP) is 4.65. The predicted molar refractivity (Wildman–Crippen MR) is 63.3 cm³/mol. The summed E-state index contributed by atoms with van der Waals surface area (Å²) in [5.41, 5.74) is -0.843. The molecular formula is C14H16F4O. The van der Waals surface area contributed by atoms with E-state index in [1.807, 2.05) is 20.8 Å². The van der Waals surface area contributed by atoms with Crippen molar-refractivity contribution in [2.75, 3.05) is 0 Å². The van der Waals surface area contributed by atoms with Gasteiger partial charge in [-0.3, -0.25) is 0 Å². The Morgan fingerprint density at radius 3 is 2.32 bits per heavy atom. The average molecular weight is 276 g/mol. The van der Waals surface area contributed by atoms with E-state index in [1.54, 1.807) is 0 Å². The molecule has 0 aromatic heterocycles. The molecule has 0 heterocycles. The monoisotopic (exact) mass is 276 g/mol.